The molecule has 0 aliphatic rings. The number of hydrogen-bond donors (Lipinski definition) is 0. The zero-order chi connectivity index (χ0) is 11.5. The summed E-state index contributed by atoms with van der Waals surface area (Å²) in [5.41, 5.74) is 2.55. The summed E-state index contributed by atoms with van der Waals surface area (Å²) in [4.78, 5) is 8.08. The van der Waals surface area contributed by atoms with Crippen LogP contribution in [0, 0.1) is 0 Å². The van der Waals surface area contributed by atoms with Crippen LogP contribution in [0.25, 0.3) is 11.1 Å². The average Bonchev–Trinajstić information content (AvgIpc) is 2.32. The van der Waals surface area contributed by atoms with Gasteiger partial charge >= 0.3 is 0 Å². The smallest absolute Gasteiger partial charge is 0.115 e. The van der Waals surface area contributed by atoms with E-state index in [1.54, 1.807) is 18.3 Å². The molecule has 0 saturated carbocycles. The van der Waals surface area contributed by atoms with Crippen LogP contribution in [0.2, 0.25) is 10.0 Å². The van der Waals surface area contributed by atoms with Crippen molar-refractivity contribution < 1.29 is 0 Å². The van der Waals surface area contributed by atoms with Crippen LogP contribution in [0.1, 0.15) is 5.69 Å². The SMILES string of the molecule is ClCc1ncncc1-c1ccc(Cl)c(Cl)c1. The lowest BCUT2D eigenvalue weighted by Crippen LogP contribution is -1.92. The van der Waals surface area contributed by atoms with Crippen LogP contribution < -0.4 is 0 Å². The minimum Gasteiger partial charge on any atom is -0.244 e. The van der Waals surface area contributed by atoms with E-state index in [-0.39, 0.29) is 0 Å². The molecule has 5 heteroatoms. The van der Waals surface area contributed by atoms with Crippen molar-refractivity contribution in [2.45, 2.75) is 5.88 Å². The van der Waals surface area contributed by atoms with Gasteiger partial charge in [-0.2, -0.15) is 0 Å². The summed E-state index contributed by atoms with van der Waals surface area (Å²) in [6, 6.07) is 5.38. The fraction of sp³-hybridized carbons (Fsp3) is 0.0909. The minimum absolute atomic E-state index is 0.331. The molecule has 1 aromatic carbocycles. The number of rotatable bonds is 2. The fourth-order valence-electron chi connectivity index (χ4n) is 1.37. The Morgan fingerprint density at radius 2 is 1.94 bits per heavy atom. The first kappa shape index (κ1) is 11.6. The van der Waals surface area contributed by atoms with E-state index >= 15 is 0 Å². The van der Waals surface area contributed by atoms with Gasteiger partial charge in [0.05, 0.1) is 21.6 Å². The Bertz CT molecular complexity index is 514. The molecule has 0 unspecified atom stereocenters. The van der Waals surface area contributed by atoms with Gasteiger partial charge in [0.15, 0.2) is 0 Å². The van der Waals surface area contributed by atoms with E-state index in [0.29, 0.717) is 15.9 Å². The summed E-state index contributed by atoms with van der Waals surface area (Å²) in [7, 11) is 0. The highest BCUT2D eigenvalue weighted by Crippen LogP contribution is 2.29. The summed E-state index contributed by atoms with van der Waals surface area (Å²) in [5, 5.41) is 1.03. The predicted molar refractivity (Wildman–Crippen MR) is 67.0 cm³/mol. The van der Waals surface area contributed by atoms with Crippen molar-refractivity contribution in [2.24, 2.45) is 0 Å². The van der Waals surface area contributed by atoms with Crippen molar-refractivity contribution in [1.82, 2.24) is 9.97 Å². The summed E-state index contributed by atoms with van der Waals surface area (Å²) in [6.07, 6.45) is 3.18. The zero-order valence-electron chi connectivity index (χ0n) is 8.12. The first-order valence-corrected chi connectivity index (χ1v) is 5.81. The maximum Gasteiger partial charge on any atom is 0.115 e. The number of aromatic nitrogens is 2. The Labute approximate surface area is 108 Å². The molecule has 0 bridgehead atoms. The topological polar surface area (TPSA) is 25.8 Å². The highest BCUT2D eigenvalue weighted by atomic mass is 35.5. The molecule has 0 fully saturated rings. The normalized spacial score (nSPS) is 10.4. The van der Waals surface area contributed by atoms with Crippen LogP contribution >= 0.6 is 34.8 Å². The van der Waals surface area contributed by atoms with E-state index in [2.05, 4.69) is 9.97 Å². The Balaban J connectivity index is 2.54. The molecule has 0 amide bonds. The average molecular weight is 274 g/mol. The molecule has 0 radical (unpaired) electrons. The lowest BCUT2D eigenvalue weighted by molar-refractivity contribution is 1.09. The molecular weight excluding hydrogens is 266 g/mol. The van der Waals surface area contributed by atoms with Crippen LogP contribution in [0.3, 0.4) is 0 Å². The molecule has 0 saturated heterocycles. The van der Waals surface area contributed by atoms with Gasteiger partial charge in [0.1, 0.15) is 6.33 Å². The minimum atomic E-state index is 0.331. The van der Waals surface area contributed by atoms with Gasteiger partial charge in [0.25, 0.3) is 0 Å². The van der Waals surface area contributed by atoms with E-state index in [4.69, 9.17) is 34.8 Å². The Kier molecular flexibility index (Phi) is 3.64. The van der Waals surface area contributed by atoms with Crippen LogP contribution in [0.15, 0.2) is 30.7 Å². The molecule has 1 heterocycles. The van der Waals surface area contributed by atoms with Crippen molar-refractivity contribution in [1.29, 1.82) is 0 Å². The number of nitrogens with zero attached hydrogens (tertiary/aromatic N) is 2. The van der Waals surface area contributed by atoms with E-state index in [9.17, 15) is 0 Å². The number of halogens is 3. The summed E-state index contributed by atoms with van der Waals surface area (Å²) >= 11 is 17.6. The molecule has 0 aliphatic carbocycles. The first-order chi connectivity index (χ1) is 7.72. The van der Waals surface area contributed by atoms with Gasteiger partial charge in [-0.3, -0.25) is 0 Å². The summed E-state index contributed by atoms with van der Waals surface area (Å²) < 4.78 is 0. The third-order valence-electron chi connectivity index (χ3n) is 2.15. The van der Waals surface area contributed by atoms with Crippen LogP contribution in [-0.4, -0.2) is 9.97 Å². The maximum atomic E-state index is 5.95. The molecular formula is C11H7Cl3N2. The van der Waals surface area contributed by atoms with Crippen molar-refractivity contribution in [2.75, 3.05) is 0 Å². The number of hydrogen-bond acceptors (Lipinski definition) is 2. The van der Waals surface area contributed by atoms with Crippen LogP contribution in [0.5, 0.6) is 0 Å². The van der Waals surface area contributed by atoms with Crippen LogP contribution in [-0.2, 0) is 5.88 Å². The van der Waals surface area contributed by atoms with E-state index in [1.807, 2.05) is 6.07 Å². The molecule has 2 nitrogen and oxygen atoms in total. The van der Waals surface area contributed by atoms with Gasteiger partial charge in [-0.15, -0.1) is 11.6 Å². The van der Waals surface area contributed by atoms with Gasteiger partial charge in [-0.05, 0) is 17.7 Å². The second-order valence-corrected chi connectivity index (χ2v) is 4.23. The van der Waals surface area contributed by atoms with E-state index in [0.717, 1.165) is 16.8 Å². The van der Waals surface area contributed by atoms with Gasteiger partial charge in [-0.25, -0.2) is 9.97 Å². The van der Waals surface area contributed by atoms with Gasteiger partial charge < -0.3 is 0 Å². The third-order valence-corrected chi connectivity index (χ3v) is 3.14. The number of benzene rings is 1. The largest absolute Gasteiger partial charge is 0.244 e. The molecule has 2 rings (SSSR count). The van der Waals surface area contributed by atoms with Gasteiger partial charge in [0, 0.05) is 11.8 Å². The Morgan fingerprint density at radius 1 is 1.12 bits per heavy atom. The standard InChI is InChI=1S/C11H7Cl3N2/c12-4-11-8(5-15-6-16-11)7-1-2-9(13)10(14)3-7/h1-3,5-6H,4H2. The second kappa shape index (κ2) is 5.00. The number of alkyl halides is 1. The molecule has 82 valence electrons. The summed E-state index contributed by atoms with van der Waals surface area (Å²) in [6.45, 7) is 0. The van der Waals surface area contributed by atoms with Crippen molar-refractivity contribution in [3.05, 3.63) is 46.5 Å². The predicted octanol–water partition coefficient (Wildman–Crippen LogP) is 4.19. The molecule has 1 aromatic heterocycles. The second-order valence-electron chi connectivity index (χ2n) is 3.15. The molecule has 2 aromatic rings. The van der Waals surface area contributed by atoms with Crippen molar-refractivity contribution in [3.8, 4) is 11.1 Å². The molecule has 0 spiro atoms. The van der Waals surface area contributed by atoms with Gasteiger partial charge in [-0.1, -0.05) is 29.3 Å². The fourth-order valence-corrected chi connectivity index (χ4v) is 1.88. The van der Waals surface area contributed by atoms with Crippen molar-refractivity contribution >= 4 is 34.8 Å². The van der Waals surface area contributed by atoms with E-state index in [1.165, 1.54) is 6.33 Å². The lowest BCUT2D eigenvalue weighted by atomic mass is 10.1. The monoisotopic (exact) mass is 272 g/mol. The van der Waals surface area contributed by atoms with Crippen LogP contribution in [0.4, 0.5) is 0 Å². The zero-order valence-corrected chi connectivity index (χ0v) is 10.4. The molecule has 0 aliphatic heterocycles. The Hall–Kier alpha value is -0.830. The molecule has 0 atom stereocenters. The third kappa shape index (κ3) is 2.29. The van der Waals surface area contributed by atoms with Crippen molar-refractivity contribution in [3.63, 3.8) is 0 Å². The summed E-state index contributed by atoms with van der Waals surface area (Å²) in [5.74, 6) is 0.331. The quantitative estimate of drug-likeness (QED) is 0.767. The Morgan fingerprint density at radius 3 is 2.62 bits per heavy atom. The molecule has 0 N–H and O–H groups in total. The molecule has 16 heavy (non-hydrogen) atoms. The highest BCUT2D eigenvalue weighted by Gasteiger charge is 2.07. The van der Waals surface area contributed by atoms with E-state index < -0.39 is 0 Å². The maximum absolute atomic E-state index is 5.95. The lowest BCUT2D eigenvalue weighted by Gasteiger charge is -2.06. The first-order valence-electron chi connectivity index (χ1n) is 4.52. The van der Waals surface area contributed by atoms with Gasteiger partial charge in [0.2, 0.25) is 0 Å². The highest BCUT2D eigenvalue weighted by molar-refractivity contribution is 6.42.